The lowest BCUT2D eigenvalue weighted by Gasteiger charge is -2.27. The second-order valence-corrected chi connectivity index (χ2v) is 10.8. The summed E-state index contributed by atoms with van der Waals surface area (Å²) in [5.41, 5.74) is 10.0. The van der Waals surface area contributed by atoms with Crippen LogP contribution >= 0.6 is 11.6 Å². The average Bonchev–Trinajstić information content (AvgIpc) is 3.04. The van der Waals surface area contributed by atoms with Gasteiger partial charge in [0.15, 0.2) is 17.6 Å². The molecule has 1 aliphatic heterocycles. The zero-order valence-electron chi connectivity index (χ0n) is 25.2. The third-order valence-electron chi connectivity index (χ3n) is 7.29. The number of nitriles is 1. The van der Waals surface area contributed by atoms with Crippen molar-refractivity contribution in [3.05, 3.63) is 124 Å². The summed E-state index contributed by atoms with van der Waals surface area (Å²) in [7, 11) is 0. The summed E-state index contributed by atoms with van der Waals surface area (Å²) >= 11 is 6.00. The Labute approximate surface area is 267 Å². The first-order valence-electron chi connectivity index (χ1n) is 14.6. The van der Waals surface area contributed by atoms with Crippen molar-refractivity contribution in [2.45, 2.75) is 45.8 Å². The molecule has 0 bridgehead atoms. The summed E-state index contributed by atoms with van der Waals surface area (Å²) in [5, 5.41) is 10.7. The number of carbonyl (C=O) groups is 1. The highest BCUT2D eigenvalue weighted by molar-refractivity contribution is 6.30. The Morgan fingerprint density at radius 2 is 1.64 bits per heavy atom. The molecular weight excluding hydrogens is 592 g/mol. The Balaban J connectivity index is 1.37. The molecule has 0 amide bonds. The number of ether oxygens (including phenoxy) is 5. The summed E-state index contributed by atoms with van der Waals surface area (Å²) in [4.78, 5) is 12.8. The van der Waals surface area contributed by atoms with Crippen LogP contribution in [0.3, 0.4) is 0 Å². The largest absolute Gasteiger partial charge is 0.490 e. The quantitative estimate of drug-likeness (QED) is 0.135. The molecule has 9 heteroatoms. The van der Waals surface area contributed by atoms with Crippen LogP contribution in [0.1, 0.15) is 48.9 Å². The number of benzene rings is 4. The number of allylic oxidation sites excluding steroid dienone is 1. The van der Waals surface area contributed by atoms with E-state index in [1.54, 1.807) is 25.1 Å². The lowest BCUT2D eigenvalue weighted by atomic mass is 9.83. The van der Waals surface area contributed by atoms with Crippen LogP contribution in [-0.2, 0) is 17.8 Å². The van der Waals surface area contributed by atoms with Crippen LogP contribution < -0.4 is 29.4 Å². The number of fused-ring (bicyclic) bond motifs is 1. The van der Waals surface area contributed by atoms with Crippen molar-refractivity contribution < 1.29 is 28.5 Å². The molecule has 230 valence electrons. The van der Waals surface area contributed by atoms with Gasteiger partial charge in [0.05, 0.1) is 12.5 Å². The van der Waals surface area contributed by atoms with Crippen LogP contribution in [0, 0.1) is 11.3 Å². The predicted octanol–water partition coefficient (Wildman–Crippen LogP) is 7.47. The minimum absolute atomic E-state index is 0.0354. The molecule has 2 N–H and O–H groups in total. The summed E-state index contributed by atoms with van der Waals surface area (Å²) in [5.74, 6) is 1.11. The molecular formula is C36H33ClN2O6. The van der Waals surface area contributed by atoms with E-state index in [0.29, 0.717) is 46.8 Å². The Hall–Kier alpha value is -5.13. The van der Waals surface area contributed by atoms with Gasteiger partial charge in [0.25, 0.3) is 0 Å². The number of esters is 1. The van der Waals surface area contributed by atoms with Crippen molar-refractivity contribution in [2.75, 3.05) is 6.61 Å². The fourth-order valence-electron chi connectivity index (χ4n) is 4.93. The van der Waals surface area contributed by atoms with E-state index in [1.165, 1.54) is 5.56 Å². The molecule has 0 saturated heterocycles. The number of hydrogen-bond donors (Lipinski definition) is 1. The Bertz CT molecular complexity index is 1750. The lowest BCUT2D eigenvalue weighted by molar-refractivity contribution is -0.141. The molecule has 1 heterocycles. The minimum Gasteiger partial charge on any atom is -0.490 e. The third-order valence-corrected chi connectivity index (χ3v) is 7.55. The zero-order chi connectivity index (χ0) is 31.9. The maximum atomic E-state index is 12.8. The number of halogens is 1. The summed E-state index contributed by atoms with van der Waals surface area (Å²) in [6, 6.07) is 27.7. The Morgan fingerprint density at radius 1 is 0.933 bits per heavy atom. The molecule has 4 aromatic carbocycles. The second-order valence-electron chi connectivity index (χ2n) is 10.4. The van der Waals surface area contributed by atoms with Crippen molar-refractivity contribution in [3.8, 4) is 34.8 Å². The molecule has 1 aliphatic rings. The van der Waals surface area contributed by atoms with Crippen LogP contribution in [0.2, 0.25) is 5.02 Å². The molecule has 0 fully saturated rings. The summed E-state index contributed by atoms with van der Waals surface area (Å²) < 4.78 is 29.2. The van der Waals surface area contributed by atoms with Gasteiger partial charge in [-0.1, -0.05) is 54.9 Å². The van der Waals surface area contributed by atoms with Crippen LogP contribution in [0.25, 0.3) is 0 Å². The van der Waals surface area contributed by atoms with Crippen molar-refractivity contribution in [1.82, 2.24) is 0 Å². The molecule has 8 nitrogen and oxygen atoms in total. The summed E-state index contributed by atoms with van der Waals surface area (Å²) in [6.07, 6.45) is 0.0579. The van der Waals surface area contributed by atoms with Crippen molar-refractivity contribution in [3.63, 3.8) is 0 Å². The van der Waals surface area contributed by atoms with Crippen LogP contribution in [-0.4, -0.2) is 18.7 Å². The van der Waals surface area contributed by atoms with E-state index in [-0.39, 0.29) is 17.2 Å². The van der Waals surface area contributed by atoms with Crippen molar-refractivity contribution in [2.24, 2.45) is 5.73 Å². The van der Waals surface area contributed by atoms with Gasteiger partial charge in [-0.3, -0.25) is 0 Å². The molecule has 2 unspecified atom stereocenters. The van der Waals surface area contributed by atoms with E-state index in [2.05, 4.69) is 13.0 Å². The first-order chi connectivity index (χ1) is 21.8. The van der Waals surface area contributed by atoms with E-state index < -0.39 is 18.0 Å². The van der Waals surface area contributed by atoms with Gasteiger partial charge in [-0.15, -0.1) is 0 Å². The highest BCUT2D eigenvalue weighted by Crippen LogP contribution is 2.45. The molecule has 0 aliphatic carbocycles. The molecule has 0 saturated carbocycles. The van der Waals surface area contributed by atoms with Gasteiger partial charge in [-0.2, -0.15) is 5.26 Å². The van der Waals surface area contributed by atoms with Gasteiger partial charge < -0.3 is 29.4 Å². The van der Waals surface area contributed by atoms with Crippen molar-refractivity contribution >= 4 is 17.6 Å². The average molecular weight is 625 g/mol. The Morgan fingerprint density at radius 3 is 2.33 bits per heavy atom. The molecule has 5 rings (SSSR count). The highest BCUT2D eigenvalue weighted by Gasteiger charge is 2.32. The first-order valence-corrected chi connectivity index (χ1v) is 15.0. The second kappa shape index (κ2) is 14.1. The molecule has 45 heavy (non-hydrogen) atoms. The van der Waals surface area contributed by atoms with E-state index in [4.69, 9.17) is 41.0 Å². The number of nitrogens with zero attached hydrogens (tertiary/aromatic N) is 1. The van der Waals surface area contributed by atoms with Gasteiger partial charge in [-0.05, 0) is 79.4 Å². The summed E-state index contributed by atoms with van der Waals surface area (Å²) in [6.45, 7) is 6.31. The number of rotatable bonds is 11. The SMILES string of the molecule is CCOc1cc(C2C(C#N)=C(N)Oc3cc(OC(=O)C(C)Oc4ccc(CC)cc4)ccc32)ccc1OCc1ccc(Cl)cc1. The minimum atomic E-state index is -0.852. The van der Waals surface area contributed by atoms with Gasteiger partial charge in [-0.25, -0.2) is 4.79 Å². The molecule has 2 atom stereocenters. The third kappa shape index (κ3) is 7.34. The van der Waals surface area contributed by atoms with E-state index >= 15 is 0 Å². The van der Waals surface area contributed by atoms with E-state index in [0.717, 1.165) is 17.5 Å². The number of aryl methyl sites for hydroxylation is 1. The van der Waals surface area contributed by atoms with Crippen molar-refractivity contribution in [1.29, 1.82) is 5.26 Å². The van der Waals surface area contributed by atoms with Crippen LogP contribution in [0.15, 0.2) is 96.4 Å². The monoisotopic (exact) mass is 624 g/mol. The maximum Gasteiger partial charge on any atom is 0.352 e. The van der Waals surface area contributed by atoms with Gasteiger partial charge in [0, 0.05) is 16.7 Å². The maximum absolute atomic E-state index is 12.8. The first kappa shape index (κ1) is 31.3. The Kier molecular flexibility index (Phi) is 9.81. The smallest absolute Gasteiger partial charge is 0.352 e. The topological polar surface area (TPSA) is 113 Å². The molecule has 4 aromatic rings. The lowest BCUT2D eigenvalue weighted by Crippen LogP contribution is -2.28. The molecule has 0 spiro atoms. The normalized spacial score (nSPS) is 14.4. The van der Waals surface area contributed by atoms with E-state index in [1.807, 2.05) is 73.7 Å². The fraction of sp³-hybridized carbons (Fsp3) is 0.222. The van der Waals surface area contributed by atoms with E-state index in [9.17, 15) is 10.1 Å². The fourth-order valence-corrected chi connectivity index (χ4v) is 5.06. The van der Waals surface area contributed by atoms with Crippen LogP contribution in [0.4, 0.5) is 0 Å². The van der Waals surface area contributed by atoms with Crippen LogP contribution in [0.5, 0.6) is 28.7 Å². The van der Waals surface area contributed by atoms with Gasteiger partial charge in [0.1, 0.15) is 35.5 Å². The number of nitrogens with two attached hydrogens (primary N) is 1. The molecule has 0 aromatic heterocycles. The highest BCUT2D eigenvalue weighted by atomic mass is 35.5. The molecule has 0 radical (unpaired) electrons. The number of hydrogen-bond acceptors (Lipinski definition) is 8. The van der Waals surface area contributed by atoms with Gasteiger partial charge >= 0.3 is 5.97 Å². The van der Waals surface area contributed by atoms with Gasteiger partial charge in [0.2, 0.25) is 5.88 Å². The standard InChI is InChI=1S/C36H33ClN2O6/c1-4-23-8-13-27(14-9-23)43-22(3)36(40)44-28-15-16-29-32(19-28)45-35(39)30(20-38)34(29)25-10-17-31(33(18-25)41-5-2)42-21-24-6-11-26(37)12-7-24/h6-19,22,34H,4-5,21,39H2,1-3H3. The number of carbonyl (C=O) groups excluding carboxylic acids is 1. The zero-order valence-corrected chi connectivity index (χ0v) is 26.0. The predicted molar refractivity (Wildman–Crippen MR) is 171 cm³/mol.